The maximum atomic E-state index is 12.6. The molecule has 0 bridgehead atoms. The molecule has 2 atom stereocenters. The van der Waals surface area contributed by atoms with Crippen LogP contribution in [0, 0.1) is 0 Å². The largest absolute Gasteiger partial charge is 0.480 e. The van der Waals surface area contributed by atoms with Crippen LogP contribution in [-0.4, -0.2) is 69.4 Å². The standard InChI is InChI=1S/C13H19N5O9S2/c1-5(18-29(24,25)26)7(10(20)21)16-9(19)8(6-4-28-12(14)15-6)17-27-13(2,3)11(22)23/h4-5,7,18H,1-3H3,(H2,14,15)(H,16,19)(H,20,21)(H,22,23)(H,24,25,26)/b17-8-/t5-,7-/m0/s1. The Morgan fingerprint density at radius 1 is 1.34 bits per heavy atom. The lowest BCUT2D eigenvalue weighted by molar-refractivity contribution is -0.161. The summed E-state index contributed by atoms with van der Waals surface area (Å²) in [6, 6.07) is -3.30. The number of nitrogens with one attached hydrogen (secondary N) is 2. The summed E-state index contributed by atoms with van der Waals surface area (Å²) in [6.45, 7) is 3.39. The Morgan fingerprint density at radius 2 is 1.93 bits per heavy atom. The Labute approximate surface area is 168 Å². The monoisotopic (exact) mass is 453 g/mol. The van der Waals surface area contributed by atoms with Crippen LogP contribution in [0.4, 0.5) is 5.13 Å². The first-order valence-electron chi connectivity index (χ1n) is 7.63. The highest BCUT2D eigenvalue weighted by molar-refractivity contribution is 7.83. The van der Waals surface area contributed by atoms with Gasteiger partial charge >= 0.3 is 22.2 Å². The van der Waals surface area contributed by atoms with Crippen LogP contribution in [0.15, 0.2) is 10.5 Å². The van der Waals surface area contributed by atoms with Gasteiger partial charge in [0.1, 0.15) is 11.7 Å². The first kappa shape index (κ1) is 24.2. The molecule has 1 rings (SSSR count). The van der Waals surface area contributed by atoms with Crippen molar-refractivity contribution in [3.05, 3.63) is 11.1 Å². The van der Waals surface area contributed by atoms with Gasteiger partial charge in [-0.05, 0) is 20.8 Å². The molecule has 14 nitrogen and oxygen atoms in total. The van der Waals surface area contributed by atoms with Crippen LogP contribution in [0.5, 0.6) is 0 Å². The molecule has 0 aliphatic carbocycles. The zero-order chi connectivity index (χ0) is 22.6. The Morgan fingerprint density at radius 3 is 2.34 bits per heavy atom. The predicted octanol–water partition coefficient (Wildman–Crippen LogP) is -1.34. The smallest absolute Gasteiger partial charge is 0.350 e. The molecular weight excluding hydrogens is 434 g/mol. The Kier molecular flexibility index (Phi) is 7.62. The molecule has 29 heavy (non-hydrogen) atoms. The third-order valence-corrected chi connectivity index (χ3v) is 4.59. The van der Waals surface area contributed by atoms with Gasteiger partial charge in [-0.15, -0.1) is 11.3 Å². The summed E-state index contributed by atoms with van der Waals surface area (Å²) in [7, 11) is -4.76. The van der Waals surface area contributed by atoms with E-state index in [1.807, 2.05) is 5.32 Å². The number of carbonyl (C=O) groups excluding carboxylic acids is 1. The summed E-state index contributed by atoms with van der Waals surface area (Å²) in [6.07, 6.45) is 0. The topological polar surface area (TPSA) is 231 Å². The summed E-state index contributed by atoms with van der Waals surface area (Å²) >= 11 is 0.922. The molecule has 0 unspecified atom stereocenters. The molecule has 7 N–H and O–H groups in total. The van der Waals surface area contributed by atoms with Crippen molar-refractivity contribution in [2.24, 2.45) is 5.16 Å². The van der Waals surface area contributed by atoms with Gasteiger partial charge in [0.05, 0.1) is 6.04 Å². The summed E-state index contributed by atoms with van der Waals surface area (Å²) in [5.74, 6) is -4.20. The Bertz CT molecular complexity index is 925. The van der Waals surface area contributed by atoms with Crippen LogP contribution in [-0.2, 0) is 29.5 Å². The Hall–Kier alpha value is -2.82. The van der Waals surface area contributed by atoms with Crippen molar-refractivity contribution in [1.29, 1.82) is 0 Å². The van der Waals surface area contributed by atoms with Crippen LogP contribution in [0.1, 0.15) is 26.5 Å². The highest BCUT2D eigenvalue weighted by Gasteiger charge is 2.33. The third kappa shape index (κ3) is 7.26. The van der Waals surface area contributed by atoms with Crippen molar-refractivity contribution in [1.82, 2.24) is 15.0 Å². The van der Waals surface area contributed by atoms with E-state index in [4.69, 9.17) is 20.2 Å². The molecule has 1 amide bonds. The lowest BCUT2D eigenvalue weighted by Gasteiger charge is -2.21. The van der Waals surface area contributed by atoms with E-state index in [1.165, 1.54) is 5.38 Å². The second-order valence-electron chi connectivity index (χ2n) is 6.09. The third-order valence-electron chi connectivity index (χ3n) is 3.25. The number of aliphatic carboxylic acids is 2. The van der Waals surface area contributed by atoms with Crippen LogP contribution in [0.25, 0.3) is 0 Å². The molecule has 0 aromatic carbocycles. The quantitative estimate of drug-likeness (QED) is 0.138. The lowest BCUT2D eigenvalue weighted by Crippen LogP contribution is -2.55. The number of hydrogen-bond acceptors (Lipinski definition) is 10. The van der Waals surface area contributed by atoms with Gasteiger partial charge in [0.2, 0.25) is 5.60 Å². The first-order chi connectivity index (χ1) is 13.1. The molecule has 0 spiro atoms. The van der Waals surface area contributed by atoms with E-state index in [2.05, 4.69) is 10.1 Å². The minimum Gasteiger partial charge on any atom is -0.480 e. The highest BCUT2D eigenvalue weighted by atomic mass is 32.2. The van der Waals surface area contributed by atoms with Crippen molar-refractivity contribution < 1.29 is 42.4 Å². The van der Waals surface area contributed by atoms with Crippen LogP contribution in [0.2, 0.25) is 0 Å². The van der Waals surface area contributed by atoms with Gasteiger partial charge in [0.25, 0.3) is 5.91 Å². The van der Waals surface area contributed by atoms with Crippen LogP contribution in [0.3, 0.4) is 0 Å². The van der Waals surface area contributed by atoms with Gasteiger partial charge in [-0.2, -0.15) is 13.1 Å². The molecule has 0 fully saturated rings. The number of rotatable bonds is 10. The molecule has 1 heterocycles. The fourth-order valence-electron chi connectivity index (χ4n) is 1.71. The number of anilines is 1. The molecule has 1 aromatic heterocycles. The average molecular weight is 453 g/mol. The number of carbonyl (C=O) groups is 3. The summed E-state index contributed by atoms with van der Waals surface area (Å²) in [5.41, 5.74) is 2.93. The normalized spacial score (nSPS) is 14.7. The van der Waals surface area contributed by atoms with Crippen molar-refractivity contribution in [3.8, 4) is 0 Å². The summed E-state index contributed by atoms with van der Waals surface area (Å²) in [4.78, 5) is 43.8. The second-order valence-corrected chi connectivity index (χ2v) is 8.16. The van der Waals surface area contributed by atoms with E-state index >= 15 is 0 Å². The number of amides is 1. The minimum atomic E-state index is -4.76. The molecule has 1 aromatic rings. The summed E-state index contributed by atoms with van der Waals surface area (Å²) < 4.78 is 32.2. The molecule has 0 saturated carbocycles. The van der Waals surface area contributed by atoms with Crippen molar-refractivity contribution in [2.45, 2.75) is 38.5 Å². The number of thiazole rings is 1. The molecule has 16 heteroatoms. The number of carboxylic acid groups (broad SMARTS) is 2. The number of nitrogens with zero attached hydrogens (tertiary/aromatic N) is 2. The molecule has 0 aliphatic heterocycles. The van der Waals surface area contributed by atoms with Crippen molar-refractivity contribution in [2.75, 3.05) is 5.73 Å². The molecule has 0 saturated heterocycles. The minimum absolute atomic E-state index is 0.0363. The molecule has 0 aliphatic rings. The molecule has 162 valence electrons. The predicted molar refractivity (Wildman–Crippen MR) is 99.6 cm³/mol. The maximum Gasteiger partial charge on any atom is 0.350 e. The van der Waals surface area contributed by atoms with Gasteiger partial charge in [-0.3, -0.25) is 9.35 Å². The van der Waals surface area contributed by atoms with Gasteiger partial charge in [0, 0.05) is 5.38 Å². The molecule has 0 radical (unpaired) electrons. The molecular formula is C13H19N5O9S2. The van der Waals surface area contributed by atoms with Gasteiger partial charge in [-0.1, -0.05) is 5.16 Å². The van der Waals surface area contributed by atoms with E-state index in [0.717, 1.165) is 32.1 Å². The fourth-order valence-corrected chi connectivity index (χ4v) is 2.87. The average Bonchev–Trinajstić information content (AvgIpc) is 2.96. The van der Waals surface area contributed by atoms with E-state index < -0.39 is 51.5 Å². The van der Waals surface area contributed by atoms with E-state index in [9.17, 15) is 27.9 Å². The van der Waals surface area contributed by atoms with Crippen LogP contribution < -0.4 is 15.8 Å². The van der Waals surface area contributed by atoms with Crippen molar-refractivity contribution >= 4 is 50.3 Å². The number of nitrogen functional groups attached to an aromatic ring is 1. The van der Waals surface area contributed by atoms with Crippen molar-refractivity contribution in [3.63, 3.8) is 0 Å². The van der Waals surface area contributed by atoms with Gasteiger partial charge in [-0.25, -0.2) is 14.6 Å². The SMILES string of the molecule is C[C@H](NS(=O)(=O)O)[C@H](NC(=O)/C(=N\OC(C)(C)C(=O)O)c1csc(N)n1)C(=O)O. The fraction of sp³-hybridized carbons (Fsp3) is 0.462. The van der Waals surface area contributed by atoms with Crippen LogP contribution >= 0.6 is 11.3 Å². The highest BCUT2D eigenvalue weighted by Crippen LogP contribution is 2.15. The van der Waals surface area contributed by atoms with E-state index in [0.29, 0.717) is 0 Å². The van der Waals surface area contributed by atoms with Gasteiger partial charge < -0.3 is 26.1 Å². The maximum absolute atomic E-state index is 12.6. The number of oxime groups is 1. The number of carboxylic acids is 2. The second kappa shape index (κ2) is 9.12. The Balaban J connectivity index is 3.22. The van der Waals surface area contributed by atoms with Gasteiger partial charge in [0.15, 0.2) is 10.8 Å². The first-order valence-corrected chi connectivity index (χ1v) is 9.95. The number of nitrogens with two attached hydrogens (primary N) is 1. The number of aromatic nitrogens is 1. The van der Waals surface area contributed by atoms with E-state index in [1.54, 1.807) is 4.72 Å². The van der Waals surface area contributed by atoms with E-state index in [-0.39, 0.29) is 10.8 Å². The zero-order valence-electron chi connectivity index (χ0n) is 15.3. The lowest BCUT2D eigenvalue weighted by atomic mass is 10.1. The number of hydrogen-bond donors (Lipinski definition) is 6. The summed E-state index contributed by atoms with van der Waals surface area (Å²) in [5, 5.41) is 25.1. The zero-order valence-corrected chi connectivity index (χ0v) is 16.9.